The number of nitrogens with zero attached hydrogens (tertiary/aromatic N) is 7. The standard InChI is InChI=1S/C18H19N7O2S/c1-12-3-4-13(27-12)14(15-16(26)25-18(28-15)21-11-22-25)23-7-9-24(10-8-23)17-19-5-2-6-20-17/h2-6,11,14,26H,7-10H2,1H3. The molecule has 28 heavy (non-hydrogen) atoms. The lowest BCUT2D eigenvalue weighted by Gasteiger charge is -2.38. The molecular formula is C18H19N7O2S. The summed E-state index contributed by atoms with van der Waals surface area (Å²) in [5.74, 6) is 2.51. The Labute approximate surface area is 164 Å². The van der Waals surface area contributed by atoms with E-state index >= 15 is 0 Å². The van der Waals surface area contributed by atoms with Gasteiger partial charge >= 0.3 is 0 Å². The van der Waals surface area contributed by atoms with E-state index in [1.165, 1.54) is 22.2 Å². The van der Waals surface area contributed by atoms with Gasteiger partial charge in [-0.1, -0.05) is 11.3 Å². The van der Waals surface area contributed by atoms with E-state index in [2.05, 4.69) is 29.9 Å². The van der Waals surface area contributed by atoms with Crippen molar-refractivity contribution in [3.8, 4) is 5.88 Å². The number of hydrogen-bond donors (Lipinski definition) is 1. The number of fused-ring (bicyclic) bond motifs is 1. The number of rotatable bonds is 4. The summed E-state index contributed by atoms with van der Waals surface area (Å²) in [6.07, 6.45) is 4.96. The second-order valence-corrected chi connectivity index (χ2v) is 7.68. The van der Waals surface area contributed by atoms with E-state index in [1.54, 1.807) is 12.4 Å². The molecule has 0 bridgehead atoms. The molecule has 1 unspecified atom stereocenters. The smallest absolute Gasteiger partial charge is 0.230 e. The lowest BCUT2D eigenvalue weighted by Crippen LogP contribution is -2.48. The minimum Gasteiger partial charge on any atom is -0.492 e. The van der Waals surface area contributed by atoms with Crippen molar-refractivity contribution in [1.29, 1.82) is 0 Å². The van der Waals surface area contributed by atoms with E-state index in [4.69, 9.17) is 4.42 Å². The highest BCUT2D eigenvalue weighted by atomic mass is 32.1. The van der Waals surface area contributed by atoms with Gasteiger partial charge in [0.2, 0.25) is 16.8 Å². The van der Waals surface area contributed by atoms with Crippen molar-refractivity contribution in [2.45, 2.75) is 13.0 Å². The minimum atomic E-state index is -0.193. The van der Waals surface area contributed by atoms with Crippen LogP contribution in [-0.2, 0) is 0 Å². The molecular weight excluding hydrogens is 378 g/mol. The van der Waals surface area contributed by atoms with Crippen molar-refractivity contribution in [1.82, 2.24) is 29.5 Å². The van der Waals surface area contributed by atoms with Crippen LogP contribution in [-0.4, -0.2) is 60.8 Å². The summed E-state index contributed by atoms with van der Waals surface area (Å²) in [4.78, 5) is 18.8. The number of piperazine rings is 1. The van der Waals surface area contributed by atoms with Crippen molar-refractivity contribution < 1.29 is 9.52 Å². The topological polar surface area (TPSA) is 95.8 Å². The number of aromatic nitrogens is 5. The third-order valence-corrected chi connectivity index (χ3v) is 6.02. The van der Waals surface area contributed by atoms with Gasteiger partial charge < -0.3 is 14.4 Å². The highest BCUT2D eigenvalue weighted by Gasteiger charge is 2.33. The first-order chi connectivity index (χ1) is 13.7. The Morgan fingerprint density at radius 3 is 2.57 bits per heavy atom. The molecule has 1 fully saturated rings. The van der Waals surface area contributed by atoms with E-state index in [1.807, 2.05) is 25.1 Å². The van der Waals surface area contributed by atoms with Gasteiger partial charge in [-0.15, -0.1) is 0 Å². The van der Waals surface area contributed by atoms with Crippen LogP contribution >= 0.6 is 11.3 Å². The molecule has 5 rings (SSSR count). The van der Waals surface area contributed by atoms with Gasteiger partial charge in [-0.05, 0) is 25.1 Å². The maximum Gasteiger partial charge on any atom is 0.230 e. The lowest BCUT2D eigenvalue weighted by molar-refractivity contribution is 0.189. The van der Waals surface area contributed by atoms with Crippen LogP contribution in [0.2, 0.25) is 0 Å². The van der Waals surface area contributed by atoms with Gasteiger partial charge in [0.1, 0.15) is 23.9 Å². The fraction of sp³-hybridized carbons (Fsp3) is 0.333. The van der Waals surface area contributed by atoms with E-state index < -0.39 is 0 Å². The number of aryl methyl sites for hydroxylation is 1. The molecule has 1 atom stereocenters. The molecule has 0 aliphatic carbocycles. The van der Waals surface area contributed by atoms with Gasteiger partial charge in [-0.2, -0.15) is 9.61 Å². The largest absolute Gasteiger partial charge is 0.492 e. The maximum atomic E-state index is 10.7. The Hall–Kier alpha value is -2.98. The molecule has 4 aromatic rings. The van der Waals surface area contributed by atoms with Crippen molar-refractivity contribution in [3.63, 3.8) is 0 Å². The SMILES string of the molecule is Cc1ccc(C(c2sc3ncnn3c2O)N2CCN(c3ncccn3)CC2)o1. The van der Waals surface area contributed by atoms with Gasteiger partial charge in [-0.3, -0.25) is 4.90 Å². The predicted molar refractivity (Wildman–Crippen MR) is 104 cm³/mol. The quantitative estimate of drug-likeness (QED) is 0.559. The van der Waals surface area contributed by atoms with Crippen LogP contribution in [0.3, 0.4) is 0 Å². The number of anilines is 1. The van der Waals surface area contributed by atoms with Crippen LogP contribution in [0.25, 0.3) is 4.96 Å². The van der Waals surface area contributed by atoms with Crippen molar-refractivity contribution in [2.24, 2.45) is 0 Å². The van der Waals surface area contributed by atoms with Gasteiger partial charge in [0.05, 0.1) is 4.88 Å². The van der Waals surface area contributed by atoms with Crippen LogP contribution in [0.1, 0.15) is 22.4 Å². The molecule has 9 nitrogen and oxygen atoms in total. The van der Waals surface area contributed by atoms with Gasteiger partial charge in [0, 0.05) is 38.6 Å². The Kier molecular flexibility index (Phi) is 4.21. The fourth-order valence-electron chi connectivity index (χ4n) is 3.58. The number of furan rings is 1. The van der Waals surface area contributed by atoms with Gasteiger partial charge in [-0.25, -0.2) is 15.0 Å². The summed E-state index contributed by atoms with van der Waals surface area (Å²) in [5.41, 5.74) is 0. The Bertz CT molecular complexity index is 1080. The summed E-state index contributed by atoms with van der Waals surface area (Å²) in [7, 11) is 0. The molecule has 1 aliphatic heterocycles. The van der Waals surface area contributed by atoms with Gasteiger partial charge in [0.15, 0.2) is 0 Å². The molecule has 0 aromatic carbocycles. The third kappa shape index (κ3) is 2.90. The zero-order chi connectivity index (χ0) is 19.1. The van der Waals surface area contributed by atoms with Crippen LogP contribution in [0.5, 0.6) is 5.88 Å². The normalized spacial score (nSPS) is 16.7. The Morgan fingerprint density at radius 1 is 1.11 bits per heavy atom. The van der Waals surface area contributed by atoms with E-state index in [-0.39, 0.29) is 11.9 Å². The summed E-state index contributed by atoms with van der Waals surface area (Å²) < 4.78 is 7.43. The second-order valence-electron chi connectivity index (χ2n) is 6.67. The second kappa shape index (κ2) is 6.88. The summed E-state index contributed by atoms with van der Waals surface area (Å²) in [6.45, 7) is 5.09. The molecule has 1 saturated heterocycles. The fourth-order valence-corrected chi connectivity index (χ4v) is 4.65. The summed E-state index contributed by atoms with van der Waals surface area (Å²) >= 11 is 1.43. The zero-order valence-electron chi connectivity index (χ0n) is 15.3. The summed E-state index contributed by atoms with van der Waals surface area (Å²) in [5, 5.41) is 14.9. The van der Waals surface area contributed by atoms with Crippen LogP contribution in [0.15, 0.2) is 41.3 Å². The maximum absolute atomic E-state index is 10.7. The molecule has 1 N–H and O–H groups in total. The first-order valence-corrected chi connectivity index (χ1v) is 9.86. The zero-order valence-corrected chi connectivity index (χ0v) is 16.1. The molecule has 0 radical (unpaired) electrons. The molecule has 144 valence electrons. The predicted octanol–water partition coefficient (Wildman–Crippen LogP) is 2.10. The van der Waals surface area contributed by atoms with E-state index in [9.17, 15) is 5.11 Å². The van der Waals surface area contributed by atoms with Crippen LogP contribution in [0.4, 0.5) is 5.95 Å². The third-order valence-electron chi connectivity index (χ3n) is 4.93. The van der Waals surface area contributed by atoms with Crippen molar-refractivity contribution in [3.05, 3.63) is 53.3 Å². The molecule has 10 heteroatoms. The minimum absolute atomic E-state index is 0.116. The Morgan fingerprint density at radius 2 is 1.89 bits per heavy atom. The van der Waals surface area contributed by atoms with Gasteiger partial charge in [0.25, 0.3) is 0 Å². The highest BCUT2D eigenvalue weighted by Crippen LogP contribution is 2.40. The lowest BCUT2D eigenvalue weighted by atomic mass is 10.1. The highest BCUT2D eigenvalue weighted by molar-refractivity contribution is 7.17. The number of hydrogen-bond acceptors (Lipinski definition) is 9. The average molecular weight is 397 g/mol. The van der Waals surface area contributed by atoms with E-state index in [0.717, 1.165) is 48.5 Å². The number of thiazole rings is 1. The monoisotopic (exact) mass is 397 g/mol. The van der Waals surface area contributed by atoms with Crippen molar-refractivity contribution >= 4 is 22.2 Å². The van der Waals surface area contributed by atoms with E-state index in [0.29, 0.717) is 4.96 Å². The van der Waals surface area contributed by atoms with Crippen molar-refractivity contribution in [2.75, 3.05) is 31.1 Å². The van der Waals surface area contributed by atoms with Crippen LogP contribution in [0, 0.1) is 6.92 Å². The molecule has 4 aromatic heterocycles. The molecule has 0 spiro atoms. The first-order valence-electron chi connectivity index (χ1n) is 9.04. The number of aromatic hydroxyl groups is 1. The average Bonchev–Trinajstić information content (AvgIpc) is 3.43. The molecule has 0 saturated carbocycles. The molecule has 0 amide bonds. The first kappa shape index (κ1) is 17.1. The van der Waals surface area contributed by atoms with Crippen LogP contribution < -0.4 is 4.90 Å². The summed E-state index contributed by atoms with van der Waals surface area (Å²) in [6, 6.07) is 5.55. The Balaban J connectivity index is 1.46. The molecule has 1 aliphatic rings. The molecule has 5 heterocycles.